The van der Waals surface area contributed by atoms with E-state index in [4.69, 9.17) is 13.7 Å². The Balaban J connectivity index is 1.56. The van der Waals surface area contributed by atoms with E-state index in [2.05, 4.69) is 5.16 Å². The number of fused-ring (bicyclic) bond motifs is 2. The SMILES string of the molecule is Cc1cc2oc(=O)ccc2cc1N1C(c2ccccc2)=NOC1c1cc2cc(O)ccc2oc1=O. The second-order valence-electron chi connectivity index (χ2n) is 8.25. The molecule has 1 aliphatic rings. The maximum atomic E-state index is 13.0. The van der Waals surface area contributed by atoms with Gasteiger partial charge in [0.25, 0.3) is 0 Å². The Hall–Kier alpha value is -4.85. The third-order valence-electron chi connectivity index (χ3n) is 5.94. The van der Waals surface area contributed by atoms with Crippen LogP contribution < -0.4 is 16.2 Å². The molecular formula is C27H18N2O6. The molecule has 1 atom stereocenters. The summed E-state index contributed by atoms with van der Waals surface area (Å²) in [6.07, 6.45) is -0.930. The number of amidine groups is 1. The smallest absolute Gasteiger partial charge is 0.345 e. The van der Waals surface area contributed by atoms with Crippen LogP contribution >= 0.6 is 0 Å². The molecule has 0 fully saturated rings. The lowest BCUT2D eigenvalue weighted by molar-refractivity contribution is 0.0844. The van der Waals surface area contributed by atoms with Crippen molar-refractivity contribution in [2.24, 2.45) is 5.16 Å². The Labute approximate surface area is 197 Å². The Morgan fingerprint density at radius 3 is 2.51 bits per heavy atom. The van der Waals surface area contributed by atoms with Crippen LogP contribution in [0.2, 0.25) is 0 Å². The van der Waals surface area contributed by atoms with Gasteiger partial charge in [0, 0.05) is 22.4 Å². The highest BCUT2D eigenvalue weighted by Crippen LogP contribution is 2.38. The predicted octanol–water partition coefficient (Wildman–Crippen LogP) is 4.81. The van der Waals surface area contributed by atoms with Crippen molar-refractivity contribution in [1.82, 2.24) is 0 Å². The first-order chi connectivity index (χ1) is 17.0. The second-order valence-corrected chi connectivity index (χ2v) is 8.25. The number of rotatable bonds is 3. The largest absolute Gasteiger partial charge is 0.508 e. The Morgan fingerprint density at radius 2 is 1.69 bits per heavy atom. The number of phenolic OH excluding ortho intramolecular Hbond substituents is 1. The van der Waals surface area contributed by atoms with Crippen LogP contribution in [0.5, 0.6) is 5.75 Å². The quantitative estimate of drug-likeness (QED) is 0.380. The molecule has 1 aliphatic heterocycles. The van der Waals surface area contributed by atoms with Gasteiger partial charge in [-0.3, -0.25) is 4.90 Å². The van der Waals surface area contributed by atoms with Gasteiger partial charge in [0.1, 0.15) is 22.5 Å². The zero-order valence-corrected chi connectivity index (χ0v) is 18.5. The van der Waals surface area contributed by atoms with Gasteiger partial charge in [0.2, 0.25) is 6.23 Å². The number of benzene rings is 3. The summed E-state index contributed by atoms with van der Waals surface area (Å²) in [4.78, 5) is 32.4. The first kappa shape index (κ1) is 20.7. The van der Waals surface area contributed by atoms with Gasteiger partial charge < -0.3 is 18.8 Å². The van der Waals surface area contributed by atoms with Crippen LogP contribution in [-0.4, -0.2) is 10.9 Å². The third-order valence-corrected chi connectivity index (χ3v) is 5.94. The van der Waals surface area contributed by atoms with Gasteiger partial charge in [-0.15, -0.1) is 0 Å². The summed E-state index contributed by atoms with van der Waals surface area (Å²) in [7, 11) is 0. The van der Waals surface area contributed by atoms with Crippen LogP contribution in [0.3, 0.4) is 0 Å². The summed E-state index contributed by atoms with van der Waals surface area (Å²) >= 11 is 0. The van der Waals surface area contributed by atoms with Crippen LogP contribution in [0, 0.1) is 6.92 Å². The van der Waals surface area contributed by atoms with E-state index in [0.717, 1.165) is 11.1 Å². The lowest BCUT2D eigenvalue weighted by Crippen LogP contribution is -2.34. The average molecular weight is 466 g/mol. The molecule has 0 aliphatic carbocycles. The van der Waals surface area contributed by atoms with Crippen molar-refractivity contribution in [2.75, 3.05) is 4.90 Å². The number of aryl methyl sites for hydroxylation is 1. The van der Waals surface area contributed by atoms with E-state index in [1.165, 1.54) is 24.3 Å². The fourth-order valence-corrected chi connectivity index (χ4v) is 4.28. The summed E-state index contributed by atoms with van der Waals surface area (Å²) < 4.78 is 10.9. The van der Waals surface area contributed by atoms with E-state index in [-0.39, 0.29) is 11.3 Å². The summed E-state index contributed by atoms with van der Waals surface area (Å²) in [6, 6.07) is 22.3. The molecule has 3 heterocycles. The van der Waals surface area contributed by atoms with E-state index in [1.54, 1.807) is 18.2 Å². The van der Waals surface area contributed by atoms with E-state index < -0.39 is 17.5 Å². The molecule has 6 rings (SSSR count). The fourth-order valence-electron chi connectivity index (χ4n) is 4.28. The molecule has 3 aromatic carbocycles. The van der Waals surface area contributed by atoms with Crippen molar-refractivity contribution >= 4 is 33.5 Å². The molecule has 0 bridgehead atoms. The van der Waals surface area contributed by atoms with Crippen molar-refractivity contribution in [3.63, 3.8) is 0 Å². The van der Waals surface area contributed by atoms with Crippen LogP contribution in [-0.2, 0) is 4.84 Å². The van der Waals surface area contributed by atoms with Gasteiger partial charge in [-0.25, -0.2) is 9.59 Å². The van der Waals surface area contributed by atoms with Crippen molar-refractivity contribution < 1.29 is 18.8 Å². The molecule has 1 N–H and O–H groups in total. The summed E-state index contributed by atoms with van der Waals surface area (Å²) in [5, 5.41) is 15.5. The van der Waals surface area contributed by atoms with E-state index in [0.29, 0.717) is 33.5 Å². The molecule has 8 heteroatoms. The van der Waals surface area contributed by atoms with Crippen molar-refractivity contribution in [1.29, 1.82) is 0 Å². The number of hydrogen-bond acceptors (Lipinski definition) is 8. The van der Waals surface area contributed by atoms with Crippen molar-refractivity contribution in [3.8, 4) is 5.75 Å². The highest BCUT2D eigenvalue weighted by molar-refractivity contribution is 6.11. The molecule has 0 amide bonds. The summed E-state index contributed by atoms with van der Waals surface area (Å²) in [5.74, 6) is 0.556. The molecular weight excluding hydrogens is 448 g/mol. The lowest BCUT2D eigenvalue weighted by atomic mass is 10.1. The van der Waals surface area contributed by atoms with Crippen molar-refractivity contribution in [3.05, 3.63) is 116 Å². The number of anilines is 1. The topological polar surface area (TPSA) is 105 Å². The molecule has 2 aromatic heterocycles. The molecule has 35 heavy (non-hydrogen) atoms. The molecule has 5 aromatic rings. The normalized spacial score (nSPS) is 15.4. The zero-order chi connectivity index (χ0) is 24.1. The zero-order valence-electron chi connectivity index (χ0n) is 18.5. The van der Waals surface area contributed by atoms with Crippen LogP contribution in [0.15, 0.2) is 102 Å². The van der Waals surface area contributed by atoms with E-state index in [1.807, 2.05) is 48.2 Å². The standard InChI is InChI=1S/C27H18N2O6/c1-15-11-23-17(7-10-24(31)33-23)14-21(15)29-25(16-5-3-2-4-6-16)28-35-26(29)20-13-18-12-19(30)8-9-22(18)34-27(20)32/h2-14,26,30H,1H3. The van der Waals surface area contributed by atoms with Crippen molar-refractivity contribution in [2.45, 2.75) is 13.2 Å². The van der Waals surface area contributed by atoms with Crippen LogP contribution in [0.4, 0.5) is 5.69 Å². The maximum absolute atomic E-state index is 13.0. The first-order valence-corrected chi connectivity index (χ1v) is 10.9. The van der Waals surface area contributed by atoms with Gasteiger partial charge in [-0.1, -0.05) is 35.5 Å². The van der Waals surface area contributed by atoms with Crippen LogP contribution in [0.25, 0.3) is 21.9 Å². The van der Waals surface area contributed by atoms with Gasteiger partial charge in [-0.05, 0) is 55.0 Å². The first-order valence-electron chi connectivity index (χ1n) is 10.9. The monoisotopic (exact) mass is 466 g/mol. The third kappa shape index (κ3) is 3.52. The Morgan fingerprint density at radius 1 is 0.857 bits per heavy atom. The molecule has 0 spiro atoms. The molecule has 172 valence electrons. The number of hydrogen-bond donors (Lipinski definition) is 1. The minimum atomic E-state index is -0.930. The Kier molecular flexibility index (Phi) is 4.67. The number of oxime groups is 1. The van der Waals surface area contributed by atoms with E-state index in [9.17, 15) is 14.7 Å². The van der Waals surface area contributed by atoms with Gasteiger partial charge in [0.15, 0.2) is 5.84 Å². The van der Waals surface area contributed by atoms with Gasteiger partial charge >= 0.3 is 11.3 Å². The summed E-state index contributed by atoms with van der Waals surface area (Å²) in [5.41, 5.74) is 2.30. The highest BCUT2D eigenvalue weighted by atomic mass is 16.7. The molecule has 0 radical (unpaired) electrons. The molecule has 0 saturated heterocycles. The Bertz CT molecular complexity index is 1750. The molecule has 1 unspecified atom stereocenters. The number of phenols is 1. The van der Waals surface area contributed by atoms with E-state index >= 15 is 0 Å². The highest BCUT2D eigenvalue weighted by Gasteiger charge is 2.37. The fraction of sp³-hybridized carbons (Fsp3) is 0.0741. The summed E-state index contributed by atoms with van der Waals surface area (Å²) in [6.45, 7) is 1.88. The molecule has 0 saturated carbocycles. The second kappa shape index (κ2) is 7.88. The minimum Gasteiger partial charge on any atom is -0.508 e. The predicted molar refractivity (Wildman–Crippen MR) is 131 cm³/mol. The van der Waals surface area contributed by atoms with Gasteiger partial charge in [0.05, 0.1) is 5.69 Å². The molecule has 8 nitrogen and oxygen atoms in total. The number of aromatic hydroxyl groups is 1. The number of nitrogens with zero attached hydrogens (tertiary/aromatic N) is 2. The minimum absolute atomic E-state index is 0.0505. The van der Waals surface area contributed by atoms with Crippen LogP contribution in [0.1, 0.15) is 22.9 Å². The average Bonchev–Trinajstić information content (AvgIpc) is 3.28. The maximum Gasteiger partial charge on any atom is 0.345 e. The van der Waals surface area contributed by atoms with Gasteiger partial charge in [-0.2, -0.15) is 0 Å². The lowest BCUT2D eigenvalue weighted by Gasteiger charge is -2.27.